The van der Waals surface area contributed by atoms with Crippen LogP contribution in [-0.4, -0.2) is 33.1 Å². The quantitative estimate of drug-likeness (QED) is 0.464. The Hall–Kier alpha value is -2.11. The van der Waals surface area contributed by atoms with Gasteiger partial charge in [0, 0.05) is 30.5 Å². The van der Waals surface area contributed by atoms with Crippen molar-refractivity contribution in [3.8, 4) is 5.88 Å². The van der Waals surface area contributed by atoms with E-state index in [9.17, 15) is 4.79 Å². The normalized spacial score (nSPS) is 24.2. The van der Waals surface area contributed by atoms with Crippen molar-refractivity contribution >= 4 is 11.7 Å². The lowest BCUT2D eigenvalue weighted by molar-refractivity contribution is -0.155. The number of rotatable bonds is 3. The van der Waals surface area contributed by atoms with E-state index >= 15 is 0 Å². The molecule has 3 rings (SSSR count). The molecule has 0 aromatic carbocycles. The molecule has 2 aliphatic rings. The van der Waals surface area contributed by atoms with Gasteiger partial charge in [0.25, 0.3) is 0 Å². The maximum atomic E-state index is 12.5. The number of oxime groups is 1. The largest absolute Gasteiger partial charge is 0.470 e. The highest BCUT2D eigenvalue weighted by atomic mass is 16.6. The van der Waals surface area contributed by atoms with E-state index in [-0.39, 0.29) is 17.3 Å². The lowest BCUT2D eigenvalue weighted by Gasteiger charge is -2.47. The van der Waals surface area contributed by atoms with Gasteiger partial charge in [0.1, 0.15) is 11.2 Å². The zero-order chi connectivity index (χ0) is 20.7. The molecule has 6 nitrogen and oxygen atoms in total. The Morgan fingerprint density at radius 1 is 1.32 bits per heavy atom. The zero-order valence-corrected chi connectivity index (χ0v) is 17.8. The van der Waals surface area contributed by atoms with Crippen molar-refractivity contribution in [1.29, 1.82) is 0 Å². The van der Waals surface area contributed by atoms with Crippen LogP contribution in [0.3, 0.4) is 0 Å². The fourth-order valence-electron chi connectivity index (χ4n) is 4.15. The van der Waals surface area contributed by atoms with Crippen LogP contribution < -0.4 is 4.74 Å². The summed E-state index contributed by atoms with van der Waals surface area (Å²) in [5.74, 6) is 0.359. The summed E-state index contributed by atoms with van der Waals surface area (Å²) < 4.78 is 11.8. The van der Waals surface area contributed by atoms with Gasteiger partial charge in [-0.2, -0.15) is 0 Å². The van der Waals surface area contributed by atoms with E-state index in [2.05, 4.69) is 37.0 Å². The van der Waals surface area contributed by atoms with Crippen LogP contribution in [0.2, 0.25) is 0 Å². The topological polar surface area (TPSA) is 81.0 Å². The van der Waals surface area contributed by atoms with E-state index in [4.69, 9.17) is 14.7 Å². The zero-order valence-electron chi connectivity index (χ0n) is 17.8. The SMILES string of the molecule is CC(C)(C)Cc1cnc2c(c1)[C@@H](CC(=O)OC(C)(C)C)CC1(CC(=NO)C1)O2. The second-order valence-electron chi connectivity index (χ2n) is 10.5. The number of esters is 1. The van der Waals surface area contributed by atoms with Crippen molar-refractivity contribution in [3.05, 3.63) is 23.4 Å². The van der Waals surface area contributed by atoms with E-state index in [1.165, 1.54) is 0 Å². The number of nitrogens with zero attached hydrogens (tertiary/aromatic N) is 2. The molecule has 0 unspecified atom stereocenters. The minimum atomic E-state index is -0.512. The average molecular weight is 389 g/mol. The predicted octanol–water partition coefficient (Wildman–Crippen LogP) is 4.63. The number of ether oxygens (including phenoxy) is 2. The Labute approximate surface area is 167 Å². The summed E-state index contributed by atoms with van der Waals surface area (Å²) in [6.45, 7) is 12.2. The number of carbonyl (C=O) groups excluding carboxylic acids is 1. The van der Waals surface area contributed by atoms with Crippen molar-refractivity contribution in [1.82, 2.24) is 4.98 Å². The molecule has 1 aliphatic heterocycles. The number of aromatic nitrogens is 1. The lowest BCUT2D eigenvalue weighted by Crippen LogP contribution is -2.52. The molecule has 154 valence electrons. The first-order valence-electron chi connectivity index (χ1n) is 9.98. The molecule has 0 bridgehead atoms. The Bertz CT molecular complexity index is 779. The first-order valence-corrected chi connectivity index (χ1v) is 9.98. The monoisotopic (exact) mass is 388 g/mol. The third kappa shape index (κ3) is 4.83. The van der Waals surface area contributed by atoms with E-state index in [1.807, 2.05) is 27.0 Å². The molecular formula is C22H32N2O4. The summed E-state index contributed by atoms with van der Waals surface area (Å²) in [4.78, 5) is 17.1. The predicted molar refractivity (Wildman–Crippen MR) is 107 cm³/mol. The van der Waals surface area contributed by atoms with Crippen molar-refractivity contribution in [2.24, 2.45) is 10.6 Å². The van der Waals surface area contributed by atoms with E-state index in [1.54, 1.807) is 0 Å². The van der Waals surface area contributed by atoms with Crippen molar-refractivity contribution in [2.45, 2.75) is 90.8 Å². The number of fused-ring (bicyclic) bond motifs is 1. The maximum Gasteiger partial charge on any atom is 0.306 e. The van der Waals surface area contributed by atoms with Gasteiger partial charge < -0.3 is 14.7 Å². The van der Waals surface area contributed by atoms with Gasteiger partial charge in [0.05, 0.1) is 12.1 Å². The highest BCUT2D eigenvalue weighted by Crippen LogP contribution is 2.49. The summed E-state index contributed by atoms with van der Waals surface area (Å²) in [5.41, 5.74) is 2.05. The van der Waals surface area contributed by atoms with Gasteiger partial charge in [0.2, 0.25) is 5.88 Å². The fourth-order valence-corrected chi connectivity index (χ4v) is 4.15. The highest BCUT2D eigenvalue weighted by molar-refractivity contribution is 5.92. The van der Waals surface area contributed by atoms with Crippen LogP contribution in [0.1, 0.15) is 84.3 Å². The van der Waals surface area contributed by atoms with Gasteiger partial charge in [-0.25, -0.2) is 4.98 Å². The number of carbonyl (C=O) groups is 1. The first kappa shape index (κ1) is 20.6. The van der Waals surface area contributed by atoms with Gasteiger partial charge in [0.15, 0.2) is 0 Å². The molecule has 0 radical (unpaired) electrons. The van der Waals surface area contributed by atoms with Crippen LogP contribution in [0.5, 0.6) is 5.88 Å². The molecule has 28 heavy (non-hydrogen) atoms. The van der Waals surface area contributed by atoms with Crippen LogP contribution in [0.25, 0.3) is 0 Å². The van der Waals surface area contributed by atoms with E-state index < -0.39 is 11.2 Å². The van der Waals surface area contributed by atoms with Gasteiger partial charge in [-0.3, -0.25) is 4.79 Å². The minimum absolute atomic E-state index is 0.0220. The van der Waals surface area contributed by atoms with Gasteiger partial charge in [-0.05, 0) is 50.7 Å². The lowest BCUT2D eigenvalue weighted by atomic mass is 9.69. The first-order chi connectivity index (χ1) is 12.9. The summed E-state index contributed by atoms with van der Waals surface area (Å²) in [6.07, 6.45) is 4.89. The molecule has 0 amide bonds. The minimum Gasteiger partial charge on any atom is -0.470 e. The molecule has 0 saturated heterocycles. The number of hydrogen-bond donors (Lipinski definition) is 1. The molecule has 1 N–H and O–H groups in total. The number of pyridine rings is 1. The smallest absolute Gasteiger partial charge is 0.306 e. The molecule has 1 aliphatic carbocycles. The molecule has 6 heteroatoms. The Morgan fingerprint density at radius 3 is 2.57 bits per heavy atom. The van der Waals surface area contributed by atoms with Crippen molar-refractivity contribution in [3.63, 3.8) is 0 Å². The van der Waals surface area contributed by atoms with E-state index in [0.717, 1.165) is 23.3 Å². The number of hydrogen-bond acceptors (Lipinski definition) is 6. The Balaban J connectivity index is 1.88. The molecule has 1 spiro atoms. The summed E-state index contributed by atoms with van der Waals surface area (Å²) >= 11 is 0. The van der Waals surface area contributed by atoms with Crippen LogP contribution >= 0.6 is 0 Å². The Morgan fingerprint density at radius 2 is 2.00 bits per heavy atom. The molecule has 1 fully saturated rings. The van der Waals surface area contributed by atoms with Gasteiger partial charge in [-0.1, -0.05) is 25.9 Å². The molecule has 1 saturated carbocycles. The van der Waals surface area contributed by atoms with Crippen molar-refractivity contribution < 1.29 is 19.5 Å². The van der Waals surface area contributed by atoms with Gasteiger partial charge >= 0.3 is 5.97 Å². The van der Waals surface area contributed by atoms with Crippen molar-refractivity contribution in [2.75, 3.05) is 0 Å². The summed E-state index contributed by atoms with van der Waals surface area (Å²) in [5, 5.41) is 12.3. The van der Waals surface area contributed by atoms with Gasteiger partial charge in [-0.15, -0.1) is 0 Å². The maximum absolute atomic E-state index is 12.5. The summed E-state index contributed by atoms with van der Waals surface area (Å²) in [6, 6.07) is 2.13. The third-order valence-electron chi connectivity index (χ3n) is 5.07. The van der Waals surface area contributed by atoms with Crippen LogP contribution in [0.4, 0.5) is 0 Å². The second kappa shape index (κ2) is 7.05. The molecule has 2 heterocycles. The Kier molecular flexibility index (Phi) is 5.19. The molecular weight excluding hydrogens is 356 g/mol. The van der Waals surface area contributed by atoms with Crippen LogP contribution in [0, 0.1) is 5.41 Å². The molecule has 1 aromatic heterocycles. The molecule has 1 aromatic rings. The van der Waals surface area contributed by atoms with Crippen LogP contribution in [0.15, 0.2) is 17.4 Å². The highest BCUT2D eigenvalue weighted by Gasteiger charge is 2.50. The average Bonchev–Trinajstić information content (AvgIpc) is 2.49. The second-order valence-corrected chi connectivity index (χ2v) is 10.5. The third-order valence-corrected chi connectivity index (χ3v) is 5.07. The van der Waals surface area contributed by atoms with E-state index in [0.29, 0.717) is 31.6 Å². The van der Waals surface area contributed by atoms with Crippen LogP contribution in [-0.2, 0) is 16.0 Å². The summed E-state index contributed by atoms with van der Waals surface area (Å²) in [7, 11) is 0. The fraction of sp³-hybridized carbons (Fsp3) is 0.682. The standard InChI is InChI=1S/C22H32N2O4/c1-20(2,3)9-14-7-17-15(8-18(25)27-21(4,5)6)10-22(11-16(12-22)24-26)28-19(17)23-13-14/h7,13,15,26H,8-12H2,1-6H3/t15-,22?/m0/s1. The molecule has 1 atom stereocenters.